The minimum atomic E-state index is 0. The number of likely N-dealkylation sites (N-methyl/N-ethyl adjacent to an activating group) is 2. The Bertz CT molecular complexity index is 1760. The van der Waals surface area contributed by atoms with Gasteiger partial charge in [-0.15, -0.1) is 12.4 Å². The second kappa shape index (κ2) is 31.2. The number of anilines is 1. The third kappa shape index (κ3) is 22.1. The number of para-hydroxylation sites is 1. The van der Waals surface area contributed by atoms with Crippen molar-refractivity contribution < 1.29 is 31.3 Å². The van der Waals surface area contributed by atoms with Crippen molar-refractivity contribution in [3.05, 3.63) is 124 Å². The van der Waals surface area contributed by atoms with Crippen LogP contribution in [0.15, 0.2) is 109 Å². The van der Waals surface area contributed by atoms with Gasteiger partial charge in [-0.05, 0) is 97.6 Å². The zero-order valence-electron chi connectivity index (χ0n) is 35.3. The summed E-state index contributed by atoms with van der Waals surface area (Å²) in [5.74, 6) is 2.21. The molecule has 0 spiro atoms. The number of fused-ring (bicyclic) bond motifs is 1. The summed E-state index contributed by atoms with van der Waals surface area (Å²) in [6, 6.07) is 32.1. The van der Waals surface area contributed by atoms with Crippen LogP contribution >= 0.6 is 46.6 Å². The van der Waals surface area contributed by atoms with Crippen LogP contribution in [0, 0.1) is 3.57 Å². The van der Waals surface area contributed by atoms with Crippen molar-refractivity contribution >= 4 is 63.3 Å². The molecule has 0 aliphatic carbocycles. The SMILES string of the molecule is CCCCCCCCCCCC[N+](C)(C)CCOc1ccccc1.CN(C)CCN(Cc1ccccc1)c1ccccn1.Cl.Oc1c(I)cc(Cl)c2cccnc12.[Br-]. The highest BCUT2D eigenvalue weighted by atomic mass is 127. The van der Waals surface area contributed by atoms with Crippen molar-refractivity contribution in [1.29, 1.82) is 0 Å². The summed E-state index contributed by atoms with van der Waals surface area (Å²) >= 11 is 8.00. The number of rotatable bonds is 21. The van der Waals surface area contributed by atoms with Crippen LogP contribution in [0.1, 0.15) is 76.7 Å². The van der Waals surface area contributed by atoms with Crippen molar-refractivity contribution in [3.63, 3.8) is 0 Å². The maximum absolute atomic E-state index is 9.65. The molecular weight excluding hydrogens is 944 g/mol. The number of hydrogen-bond acceptors (Lipinski definition) is 6. The van der Waals surface area contributed by atoms with E-state index in [2.05, 4.69) is 91.3 Å². The topological polar surface area (TPSA) is 61.7 Å². The number of halogens is 4. The van der Waals surface area contributed by atoms with E-state index in [1.54, 1.807) is 18.3 Å². The number of pyridine rings is 2. The lowest BCUT2D eigenvalue weighted by Crippen LogP contribution is -3.00. The van der Waals surface area contributed by atoms with Crippen LogP contribution in [-0.4, -0.2) is 85.4 Å². The minimum absolute atomic E-state index is 0. The van der Waals surface area contributed by atoms with Crippen molar-refractivity contribution in [2.24, 2.45) is 0 Å². The summed E-state index contributed by atoms with van der Waals surface area (Å²) in [4.78, 5) is 13.0. The smallest absolute Gasteiger partial charge is 0.155 e. The summed E-state index contributed by atoms with van der Waals surface area (Å²) in [6.45, 7) is 8.30. The van der Waals surface area contributed by atoms with Gasteiger partial charge in [-0.3, -0.25) is 4.98 Å². The monoisotopic (exact) mass is 1010 g/mol. The molecule has 0 aliphatic heterocycles. The predicted octanol–water partition coefficient (Wildman–Crippen LogP) is 9.34. The molecule has 0 fully saturated rings. The Morgan fingerprint density at radius 3 is 1.91 bits per heavy atom. The summed E-state index contributed by atoms with van der Waals surface area (Å²) < 4.78 is 7.60. The average molecular weight is 1010 g/mol. The molecule has 7 nitrogen and oxygen atoms in total. The molecule has 11 heteroatoms. The number of ether oxygens (including phenoxy) is 1. The lowest BCUT2D eigenvalue weighted by molar-refractivity contribution is -0.890. The molecule has 5 aromatic rings. The maximum Gasteiger partial charge on any atom is 0.155 e. The van der Waals surface area contributed by atoms with Crippen LogP contribution in [0.2, 0.25) is 5.02 Å². The second-order valence-electron chi connectivity index (χ2n) is 15.2. The first-order valence-electron chi connectivity index (χ1n) is 20.4. The Morgan fingerprint density at radius 1 is 0.724 bits per heavy atom. The van der Waals surface area contributed by atoms with Crippen LogP contribution in [0.25, 0.3) is 10.9 Å². The van der Waals surface area contributed by atoms with Gasteiger partial charge in [-0.25, -0.2) is 4.98 Å². The highest BCUT2D eigenvalue weighted by molar-refractivity contribution is 14.1. The van der Waals surface area contributed by atoms with E-state index in [0.717, 1.165) is 54.2 Å². The quantitative estimate of drug-likeness (QED) is 0.0450. The molecule has 0 aliphatic rings. The first kappa shape index (κ1) is 53.3. The third-order valence-electron chi connectivity index (χ3n) is 9.60. The molecular formula is C47H67BrCl2IN5O2. The molecule has 0 bridgehead atoms. The summed E-state index contributed by atoms with van der Waals surface area (Å²) in [5, 5.41) is 11.0. The Labute approximate surface area is 385 Å². The molecule has 0 atom stereocenters. The zero-order chi connectivity index (χ0) is 40.4. The molecule has 0 saturated carbocycles. The first-order chi connectivity index (χ1) is 27.1. The van der Waals surface area contributed by atoms with Gasteiger partial charge in [0.15, 0.2) is 5.75 Å². The second-order valence-corrected chi connectivity index (χ2v) is 16.8. The van der Waals surface area contributed by atoms with Gasteiger partial charge in [0.05, 0.1) is 29.2 Å². The average Bonchev–Trinajstić information content (AvgIpc) is 3.21. The van der Waals surface area contributed by atoms with E-state index in [0.29, 0.717) is 14.1 Å². The molecule has 58 heavy (non-hydrogen) atoms. The van der Waals surface area contributed by atoms with Crippen LogP contribution in [0.4, 0.5) is 5.82 Å². The molecule has 3 aromatic carbocycles. The maximum atomic E-state index is 9.65. The number of nitrogens with zero attached hydrogens (tertiary/aromatic N) is 5. The number of hydrogen-bond donors (Lipinski definition) is 1. The minimum Gasteiger partial charge on any atom is -1.00 e. The van der Waals surface area contributed by atoms with Crippen molar-refractivity contribution in [3.8, 4) is 11.5 Å². The fourth-order valence-electron chi connectivity index (χ4n) is 6.16. The van der Waals surface area contributed by atoms with E-state index in [1.165, 1.54) is 76.3 Å². The highest BCUT2D eigenvalue weighted by Gasteiger charge is 2.14. The van der Waals surface area contributed by atoms with Crippen LogP contribution in [0.3, 0.4) is 0 Å². The van der Waals surface area contributed by atoms with Crippen molar-refractivity contribution in [2.45, 2.75) is 77.7 Å². The Hall–Kier alpha value is -2.67. The lowest BCUT2D eigenvalue weighted by Gasteiger charge is -2.29. The lowest BCUT2D eigenvalue weighted by atomic mass is 10.1. The number of quaternary nitrogens is 1. The third-order valence-corrected chi connectivity index (χ3v) is 10.7. The molecule has 1 N–H and O–H groups in total. The number of aromatic hydroxyl groups is 1. The van der Waals surface area contributed by atoms with Gasteiger partial charge >= 0.3 is 0 Å². The van der Waals surface area contributed by atoms with Gasteiger partial charge in [0.1, 0.15) is 30.2 Å². The van der Waals surface area contributed by atoms with Crippen molar-refractivity contribution in [1.82, 2.24) is 14.9 Å². The number of aromatic nitrogens is 2. The molecule has 0 radical (unpaired) electrons. The number of phenolic OH excluding ortho intramolecular Hbond substituents is 1. The van der Waals surface area contributed by atoms with Gasteiger partial charge in [0.25, 0.3) is 0 Å². The van der Waals surface area contributed by atoms with Crippen LogP contribution in [0.5, 0.6) is 11.5 Å². The predicted molar refractivity (Wildman–Crippen MR) is 254 cm³/mol. The first-order valence-corrected chi connectivity index (χ1v) is 21.8. The molecule has 0 unspecified atom stereocenters. The standard InChI is InChI=1S/C22H40NO.C16H21N3.C9H5ClINO.BrH.ClH/c1-4-5-6-7-8-9-10-11-12-16-19-23(2,3)20-21-24-22-17-14-13-15-18-22;1-18(2)12-13-19(16-10-6-7-11-17-16)14-15-8-4-3-5-9-15;10-6-4-7(11)9(13)8-5(6)2-1-3-12-8;;/h13-15,17-18H,4-12,16,19-21H2,1-3H3;3-11H,12-14H2,1-2H3;1-4,13H;2*1H/q+1;;;;/p-1. The van der Waals surface area contributed by atoms with Gasteiger partial charge in [0.2, 0.25) is 0 Å². The number of benzene rings is 3. The Balaban J connectivity index is 0.000000444. The largest absolute Gasteiger partial charge is 1.00 e. The highest BCUT2D eigenvalue weighted by Crippen LogP contribution is 2.33. The van der Waals surface area contributed by atoms with Crippen LogP contribution < -0.4 is 26.6 Å². The fourth-order valence-corrected chi connectivity index (χ4v) is 7.18. The summed E-state index contributed by atoms with van der Waals surface area (Å²) in [6.07, 6.45) is 17.6. The zero-order valence-corrected chi connectivity index (χ0v) is 40.7. The van der Waals surface area contributed by atoms with E-state index < -0.39 is 0 Å². The normalized spacial score (nSPS) is 10.7. The van der Waals surface area contributed by atoms with Crippen LogP contribution in [-0.2, 0) is 6.54 Å². The molecule has 2 aromatic heterocycles. The van der Waals surface area contributed by atoms with E-state index in [-0.39, 0.29) is 35.1 Å². The van der Waals surface area contributed by atoms with E-state index >= 15 is 0 Å². The molecule has 5 rings (SSSR count). The van der Waals surface area contributed by atoms with Gasteiger partial charge in [-0.2, -0.15) is 0 Å². The number of unbranched alkanes of at least 4 members (excludes halogenated alkanes) is 9. The van der Waals surface area contributed by atoms with Gasteiger partial charge < -0.3 is 41.1 Å². The van der Waals surface area contributed by atoms with E-state index in [4.69, 9.17) is 16.3 Å². The molecule has 320 valence electrons. The molecule has 2 heterocycles. The fraction of sp³-hybridized carbons (Fsp3) is 0.447. The van der Waals surface area contributed by atoms with Crippen molar-refractivity contribution in [2.75, 3.05) is 65.9 Å². The van der Waals surface area contributed by atoms with E-state index in [1.807, 2.05) is 77.3 Å². The number of phenols is 1. The summed E-state index contributed by atoms with van der Waals surface area (Å²) in [7, 11) is 8.84. The van der Waals surface area contributed by atoms with Gasteiger partial charge in [-0.1, -0.05) is 124 Å². The van der Waals surface area contributed by atoms with E-state index in [9.17, 15) is 5.11 Å². The Morgan fingerprint density at radius 2 is 1.31 bits per heavy atom. The Kier molecular flexibility index (Phi) is 28.7. The van der Waals surface area contributed by atoms with Gasteiger partial charge in [0, 0.05) is 37.4 Å². The molecule has 0 amide bonds. The molecule has 0 saturated heterocycles. The summed E-state index contributed by atoms with van der Waals surface area (Å²) in [5.41, 5.74) is 1.87.